The van der Waals surface area contributed by atoms with Crippen LogP contribution in [0.3, 0.4) is 0 Å². The lowest BCUT2D eigenvalue weighted by atomic mass is 9.67. The van der Waals surface area contributed by atoms with Crippen LogP contribution in [0.5, 0.6) is 0 Å². The summed E-state index contributed by atoms with van der Waals surface area (Å²) in [6.07, 6.45) is 4.20. The summed E-state index contributed by atoms with van der Waals surface area (Å²) in [5.74, 6) is -0.651. The molecule has 0 spiro atoms. The minimum absolute atomic E-state index is 0.497. The van der Waals surface area contributed by atoms with E-state index in [1.165, 1.54) is 0 Å². The van der Waals surface area contributed by atoms with E-state index in [4.69, 9.17) is 0 Å². The molecule has 0 radical (unpaired) electrons. The van der Waals surface area contributed by atoms with Crippen LogP contribution in [0.15, 0.2) is 5.38 Å². The fraction of sp³-hybridized carbons (Fsp3) is 0.636. The van der Waals surface area contributed by atoms with Gasteiger partial charge in [-0.05, 0) is 19.3 Å². The number of carboxylic acids is 1. The predicted octanol–water partition coefficient (Wildman–Crippen LogP) is 2.50. The Morgan fingerprint density at radius 2 is 2.40 bits per heavy atom. The number of hydrogen-bond acceptors (Lipinski definition) is 3. The Kier molecular flexibility index (Phi) is 2.78. The first-order valence-corrected chi connectivity index (χ1v) is 6.21. The third kappa shape index (κ3) is 1.91. The first-order chi connectivity index (χ1) is 7.16. The highest BCUT2D eigenvalue weighted by Crippen LogP contribution is 2.44. The largest absolute Gasteiger partial charge is 0.481 e. The van der Waals surface area contributed by atoms with Crippen molar-refractivity contribution in [2.24, 2.45) is 5.41 Å². The molecular weight excluding hydrogens is 210 g/mol. The third-order valence-corrected chi connectivity index (χ3v) is 4.11. The average molecular weight is 225 g/mol. The molecule has 0 unspecified atom stereocenters. The van der Waals surface area contributed by atoms with Crippen molar-refractivity contribution in [2.45, 2.75) is 39.0 Å². The Morgan fingerprint density at radius 3 is 2.80 bits per heavy atom. The molecule has 1 saturated carbocycles. The smallest absolute Gasteiger partial charge is 0.310 e. The molecule has 1 aliphatic rings. The summed E-state index contributed by atoms with van der Waals surface area (Å²) < 4.78 is 0. The van der Waals surface area contributed by atoms with Crippen LogP contribution in [-0.4, -0.2) is 16.1 Å². The Labute approximate surface area is 93.2 Å². The number of carbonyl (C=O) groups is 1. The van der Waals surface area contributed by atoms with Crippen LogP contribution in [-0.2, 0) is 17.6 Å². The molecule has 1 heterocycles. The van der Waals surface area contributed by atoms with Gasteiger partial charge in [-0.1, -0.05) is 13.3 Å². The van der Waals surface area contributed by atoms with Crippen molar-refractivity contribution in [3.05, 3.63) is 16.1 Å². The van der Waals surface area contributed by atoms with E-state index in [2.05, 4.69) is 11.9 Å². The van der Waals surface area contributed by atoms with Crippen molar-refractivity contribution < 1.29 is 9.90 Å². The molecule has 1 aliphatic carbocycles. The van der Waals surface area contributed by atoms with Crippen molar-refractivity contribution in [3.63, 3.8) is 0 Å². The second-order valence-corrected chi connectivity index (χ2v) is 5.14. The molecule has 2 rings (SSSR count). The van der Waals surface area contributed by atoms with E-state index in [0.29, 0.717) is 6.42 Å². The van der Waals surface area contributed by atoms with Crippen molar-refractivity contribution in [1.29, 1.82) is 0 Å². The Morgan fingerprint density at radius 1 is 1.67 bits per heavy atom. The molecule has 1 fully saturated rings. The lowest BCUT2D eigenvalue weighted by Crippen LogP contribution is -2.39. The van der Waals surface area contributed by atoms with Crippen LogP contribution in [0.25, 0.3) is 0 Å². The Balaban J connectivity index is 2.10. The van der Waals surface area contributed by atoms with Gasteiger partial charge < -0.3 is 5.11 Å². The van der Waals surface area contributed by atoms with Gasteiger partial charge in [0, 0.05) is 11.8 Å². The summed E-state index contributed by atoms with van der Waals surface area (Å²) in [5.41, 5.74) is 0.581. The maximum absolute atomic E-state index is 11.2. The number of carboxylic acid groups (broad SMARTS) is 1. The minimum atomic E-state index is -0.651. The quantitative estimate of drug-likeness (QED) is 0.856. The van der Waals surface area contributed by atoms with Gasteiger partial charge in [0.05, 0.1) is 16.1 Å². The maximum Gasteiger partial charge on any atom is 0.310 e. The van der Waals surface area contributed by atoms with Gasteiger partial charge in [0.25, 0.3) is 0 Å². The van der Waals surface area contributed by atoms with E-state index in [1.54, 1.807) is 11.3 Å². The minimum Gasteiger partial charge on any atom is -0.481 e. The lowest BCUT2D eigenvalue weighted by molar-refractivity contribution is -0.154. The van der Waals surface area contributed by atoms with Crippen LogP contribution < -0.4 is 0 Å². The predicted molar refractivity (Wildman–Crippen MR) is 59.1 cm³/mol. The highest BCUT2D eigenvalue weighted by Gasteiger charge is 2.44. The van der Waals surface area contributed by atoms with Gasteiger partial charge in [-0.2, -0.15) is 0 Å². The van der Waals surface area contributed by atoms with E-state index in [0.717, 1.165) is 36.4 Å². The topological polar surface area (TPSA) is 50.2 Å². The fourth-order valence-electron chi connectivity index (χ4n) is 1.95. The van der Waals surface area contributed by atoms with Crippen LogP contribution in [0, 0.1) is 5.41 Å². The summed E-state index contributed by atoms with van der Waals surface area (Å²) in [4.78, 5) is 15.6. The summed E-state index contributed by atoms with van der Waals surface area (Å²) in [7, 11) is 0. The highest BCUT2D eigenvalue weighted by molar-refractivity contribution is 7.09. The van der Waals surface area contributed by atoms with Gasteiger partial charge in [0.15, 0.2) is 0 Å². The van der Waals surface area contributed by atoms with E-state index in [9.17, 15) is 9.90 Å². The van der Waals surface area contributed by atoms with Gasteiger partial charge >= 0.3 is 5.97 Å². The molecule has 0 aliphatic heterocycles. The SMILES string of the molecule is CCc1csc(CC2(C(=O)O)CCC2)n1. The van der Waals surface area contributed by atoms with E-state index in [1.807, 2.05) is 5.38 Å². The zero-order chi connectivity index (χ0) is 10.9. The lowest BCUT2D eigenvalue weighted by Gasteiger charge is -2.36. The molecule has 1 aromatic heterocycles. The third-order valence-electron chi connectivity index (χ3n) is 3.22. The van der Waals surface area contributed by atoms with Crippen molar-refractivity contribution in [3.8, 4) is 0 Å². The monoisotopic (exact) mass is 225 g/mol. The van der Waals surface area contributed by atoms with Gasteiger partial charge in [-0.3, -0.25) is 4.79 Å². The van der Waals surface area contributed by atoms with E-state index < -0.39 is 11.4 Å². The Hall–Kier alpha value is -0.900. The Bertz CT molecular complexity index is 368. The number of nitrogens with zero attached hydrogens (tertiary/aromatic N) is 1. The number of aromatic nitrogens is 1. The summed E-state index contributed by atoms with van der Waals surface area (Å²) in [5, 5.41) is 12.2. The maximum atomic E-state index is 11.2. The molecule has 1 N–H and O–H groups in total. The molecule has 4 heteroatoms. The molecule has 0 aromatic carbocycles. The molecule has 0 amide bonds. The van der Waals surface area contributed by atoms with Crippen LogP contribution in [0.2, 0.25) is 0 Å². The van der Waals surface area contributed by atoms with E-state index in [-0.39, 0.29) is 0 Å². The number of thiazole rings is 1. The molecular formula is C11H15NO2S. The summed E-state index contributed by atoms with van der Waals surface area (Å²) in [6.45, 7) is 2.06. The fourth-order valence-corrected chi connectivity index (χ4v) is 2.97. The van der Waals surface area contributed by atoms with Gasteiger partial charge in [-0.15, -0.1) is 11.3 Å². The number of aliphatic carboxylic acids is 1. The molecule has 0 saturated heterocycles. The molecule has 1 aromatic rings. The van der Waals surface area contributed by atoms with Gasteiger partial charge in [-0.25, -0.2) is 4.98 Å². The molecule has 15 heavy (non-hydrogen) atoms. The van der Waals surface area contributed by atoms with Crippen LogP contribution in [0.1, 0.15) is 36.9 Å². The van der Waals surface area contributed by atoms with Crippen molar-refractivity contribution in [2.75, 3.05) is 0 Å². The zero-order valence-electron chi connectivity index (χ0n) is 8.82. The van der Waals surface area contributed by atoms with Crippen molar-refractivity contribution in [1.82, 2.24) is 4.98 Å². The average Bonchev–Trinajstić information content (AvgIpc) is 2.58. The molecule has 82 valence electrons. The molecule has 3 nitrogen and oxygen atoms in total. The normalized spacial score (nSPS) is 18.5. The van der Waals surface area contributed by atoms with Gasteiger partial charge in [0.1, 0.15) is 0 Å². The number of rotatable bonds is 4. The number of aryl methyl sites for hydroxylation is 1. The molecule has 0 bridgehead atoms. The number of hydrogen-bond donors (Lipinski definition) is 1. The summed E-state index contributed by atoms with van der Waals surface area (Å²) in [6, 6.07) is 0. The van der Waals surface area contributed by atoms with Crippen LogP contribution in [0.4, 0.5) is 0 Å². The van der Waals surface area contributed by atoms with Gasteiger partial charge in [0.2, 0.25) is 0 Å². The standard InChI is InChI=1S/C11H15NO2S/c1-2-8-7-15-9(12-8)6-11(10(13)14)4-3-5-11/h7H,2-6H2,1H3,(H,13,14). The van der Waals surface area contributed by atoms with Crippen molar-refractivity contribution >= 4 is 17.3 Å². The zero-order valence-corrected chi connectivity index (χ0v) is 9.64. The first-order valence-electron chi connectivity index (χ1n) is 5.33. The highest BCUT2D eigenvalue weighted by atomic mass is 32.1. The first kappa shape index (κ1) is 10.6. The molecule has 0 atom stereocenters. The van der Waals surface area contributed by atoms with Crippen LogP contribution >= 0.6 is 11.3 Å². The second-order valence-electron chi connectivity index (χ2n) is 4.20. The second kappa shape index (κ2) is 3.93. The summed E-state index contributed by atoms with van der Waals surface area (Å²) >= 11 is 1.59. The van der Waals surface area contributed by atoms with E-state index >= 15 is 0 Å².